The summed E-state index contributed by atoms with van der Waals surface area (Å²) in [5.41, 5.74) is 2.70. The van der Waals surface area contributed by atoms with Crippen LogP contribution in [-0.4, -0.2) is 42.0 Å². The summed E-state index contributed by atoms with van der Waals surface area (Å²) in [7, 11) is 0. The highest BCUT2D eigenvalue weighted by Crippen LogP contribution is 2.38. The summed E-state index contributed by atoms with van der Waals surface area (Å²) in [6.07, 6.45) is 1.86. The molecule has 4 nitrogen and oxygen atoms in total. The van der Waals surface area contributed by atoms with Crippen LogP contribution >= 0.6 is 34.5 Å². The van der Waals surface area contributed by atoms with E-state index in [9.17, 15) is 4.79 Å². The molecule has 0 spiro atoms. The van der Waals surface area contributed by atoms with E-state index in [1.54, 1.807) is 0 Å². The summed E-state index contributed by atoms with van der Waals surface area (Å²) in [5, 5.41) is 0.970. The first-order valence-electron chi connectivity index (χ1n) is 7.68. The molecular formula is C17H15Cl2N3OS. The van der Waals surface area contributed by atoms with Gasteiger partial charge in [0.15, 0.2) is 0 Å². The Morgan fingerprint density at radius 1 is 1.12 bits per heavy atom. The van der Waals surface area contributed by atoms with Crippen molar-refractivity contribution < 1.29 is 4.79 Å². The van der Waals surface area contributed by atoms with E-state index in [-0.39, 0.29) is 5.91 Å². The van der Waals surface area contributed by atoms with Gasteiger partial charge in [-0.05, 0) is 24.3 Å². The minimum Gasteiger partial charge on any atom is -0.366 e. The predicted molar refractivity (Wildman–Crippen MR) is 101 cm³/mol. The fourth-order valence-corrected chi connectivity index (χ4v) is 4.65. The summed E-state index contributed by atoms with van der Waals surface area (Å²) in [4.78, 5) is 20.1. The molecule has 1 N–H and O–H groups in total. The first kappa shape index (κ1) is 15.8. The number of carbonyl (C=O) groups excluding carboxylic acids is 1. The van der Waals surface area contributed by atoms with E-state index in [0.29, 0.717) is 21.8 Å². The van der Waals surface area contributed by atoms with Gasteiger partial charge in [0.25, 0.3) is 5.91 Å². The molecule has 24 heavy (non-hydrogen) atoms. The summed E-state index contributed by atoms with van der Waals surface area (Å²) in [6.45, 7) is 2.84. The van der Waals surface area contributed by atoms with Crippen LogP contribution in [0.2, 0.25) is 8.67 Å². The highest BCUT2D eigenvalue weighted by atomic mass is 35.5. The van der Waals surface area contributed by atoms with Crippen molar-refractivity contribution >= 4 is 57.0 Å². The van der Waals surface area contributed by atoms with E-state index in [0.717, 1.165) is 35.2 Å². The molecule has 2 aromatic heterocycles. The number of aromatic nitrogens is 1. The van der Waals surface area contributed by atoms with Gasteiger partial charge in [-0.25, -0.2) is 0 Å². The molecule has 1 aromatic carbocycles. The second kappa shape index (κ2) is 6.31. The number of nitrogens with one attached hydrogen (secondary N) is 1. The van der Waals surface area contributed by atoms with Crippen molar-refractivity contribution in [3.63, 3.8) is 0 Å². The Balaban J connectivity index is 1.50. The molecule has 0 aliphatic carbocycles. The van der Waals surface area contributed by atoms with E-state index >= 15 is 0 Å². The number of carbonyl (C=O) groups is 1. The Bertz CT molecular complexity index is 896. The Morgan fingerprint density at radius 3 is 2.62 bits per heavy atom. The largest absolute Gasteiger partial charge is 0.366 e. The van der Waals surface area contributed by atoms with Crippen molar-refractivity contribution in [2.45, 2.75) is 0 Å². The number of rotatable bonds is 2. The smallest absolute Gasteiger partial charge is 0.254 e. The van der Waals surface area contributed by atoms with Gasteiger partial charge < -0.3 is 14.8 Å². The normalized spacial score (nSPS) is 15.2. The molecule has 124 valence electrons. The molecule has 3 heterocycles. The molecule has 0 radical (unpaired) electrons. The highest BCUT2D eigenvalue weighted by molar-refractivity contribution is 7.20. The van der Waals surface area contributed by atoms with Crippen molar-refractivity contribution in [2.75, 3.05) is 31.1 Å². The third kappa shape index (κ3) is 2.77. The third-order valence-corrected chi connectivity index (χ3v) is 5.84. The monoisotopic (exact) mass is 379 g/mol. The fourth-order valence-electron chi connectivity index (χ4n) is 3.14. The van der Waals surface area contributed by atoms with E-state index in [1.165, 1.54) is 11.3 Å². The number of halogens is 2. The van der Waals surface area contributed by atoms with Crippen molar-refractivity contribution in [1.29, 1.82) is 0 Å². The molecule has 4 rings (SSSR count). The zero-order valence-electron chi connectivity index (χ0n) is 12.8. The SMILES string of the molecule is O=C(c1cccc2[nH]ccc12)N1CCN(c2cc(Cl)sc2Cl)CC1. The van der Waals surface area contributed by atoms with Crippen molar-refractivity contribution in [3.05, 3.63) is 50.8 Å². The van der Waals surface area contributed by atoms with Gasteiger partial charge in [0.05, 0.1) is 10.0 Å². The Morgan fingerprint density at radius 2 is 1.92 bits per heavy atom. The van der Waals surface area contributed by atoms with Gasteiger partial charge in [-0.2, -0.15) is 0 Å². The summed E-state index contributed by atoms with van der Waals surface area (Å²) >= 11 is 13.6. The predicted octanol–water partition coefficient (Wildman–Crippen LogP) is 4.50. The molecule has 1 fully saturated rings. The van der Waals surface area contributed by atoms with E-state index in [2.05, 4.69) is 9.88 Å². The Hall–Kier alpha value is -1.69. The van der Waals surface area contributed by atoms with Gasteiger partial charge in [0.1, 0.15) is 4.34 Å². The molecule has 1 aliphatic heterocycles. The number of fused-ring (bicyclic) bond motifs is 1. The van der Waals surface area contributed by atoms with Crippen LogP contribution in [0.1, 0.15) is 10.4 Å². The number of hydrogen-bond donors (Lipinski definition) is 1. The average molecular weight is 380 g/mol. The lowest BCUT2D eigenvalue weighted by Crippen LogP contribution is -2.48. The molecular weight excluding hydrogens is 365 g/mol. The summed E-state index contributed by atoms with van der Waals surface area (Å²) in [5.74, 6) is 0.0781. The van der Waals surface area contributed by atoms with Crippen LogP contribution in [0.25, 0.3) is 10.9 Å². The summed E-state index contributed by atoms with van der Waals surface area (Å²) < 4.78 is 1.39. The van der Waals surface area contributed by atoms with Crippen LogP contribution in [0, 0.1) is 0 Å². The number of aromatic amines is 1. The standard InChI is InChI=1S/C17H15Cl2N3OS/c18-15-10-14(16(19)24-15)21-6-8-22(9-7-21)17(23)12-2-1-3-13-11(12)4-5-20-13/h1-5,10,20H,6-9H2. The zero-order chi connectivity index (χ0) is 16.7. The van der Waals surface area contributed by atoms with Gasteiger partial charge in [-0.3, -0.25) is 4.79 Å². The van der Waals surface area contributed by atoms with Crippen molar-refractivity contribution in [2.24, 2.45) is 0 Å². The van der Waals surface area contributed by atoms with Gasteiger partial charge in [0.2, 0.25) is 0 Å². The van der Waals surface area contributed by atoms with Crippen LogP contribution in [0.4, 0.5) is 5.69 Å². The first-order valence-corrected chi connectivity index (χ1v) is 9.26. The van der Waals surface area contributed by atoms with Gasteiger partial charge >= 0.3 is 0 Å². The molecule has 1 aliphatic rings. The number of benzene rings is 1. The van der Waals surface area contributed by atoms with Crippen LogP contribution in [-0.2, 0) is 0 Å². The van der Waals surface area contributed by atoms with Gasteiger partial charge in [0, 0.05) is 48.8 Å². The maximum atomic E-state index is 12.9. The fraction of sp³-hybridized carbons (Fsp3) is 0.235. The molecule has 3 aromatic rings. The van der Waals surface area contributed by atoms with Crippen LogP contribution < -0.4 is 4.90 Å². The first-order chi connectivity index (χ1) is 11.6. The average Bonchev–Trinajstić information content (AvgIpc) is 3.20. The maximum absolute atomic E-state index is 12.9. The van der Waals surface area contributed by atoms with Crippen molar-refractivity contribution in [3.8, 4) is 0 Å². The lowest BCUT2D eigenvalue weighted by molar-refractivity contribution is 0.0749. The molecule has 0 atom stereocenters. The lowest BCUT2D eigenvalue weighted by Gasteiger charge is -2.36. The minimum absolute atomic E-state index is 0.0781. The minimum atomic E-state index is 0.0781. The Kier molecular flexibility index (Phi) is 4.16. The molecule has 0 saturated carbocycles. The van der Waals surface area contributed by atoms with Crippen LogP contribution in [0.3, 0.4) is 0 Å². The van der Waals surface area contributed by atoms with Crippen LogP contribution in [0.15, 0.2) is 36.5 Å². The highest BCUT2D eigenvalue weighted by Gasteiger charge is 2.25. The topological polar surface area (TPSA) is 39.3 Å². The molecule has 0 unspecified atom stereocenters. The number of thiophene rings is 1. The second-order valence-corrected chi connectivity index (χ2v) is 8.02. The zero-order valence-corrected chi connectivity index (χ0v) is 15.1. The van der Waals surface area contributed by atoms with E-state index < -0.39 is 0 Å². The maximum Gasteiger partial charge on any atom is 0.254 e. The number of anilines is 1. The summed E-state index contributed by atoms with van der Waals surface area (Å²) in [6, 6.07) is 9.63. The number of nitrogens with zero attached hydrogens (tertiary/aromatic N) is 2. The van der Waals surface area contributed by atoms with E-state index in [4.69, 9.17) is 23.2 Å². The van der Waals surface area contributed by atoms with Crippen LogP contribution in [0.5, 0.6) is 0 Å². The third-order valence-electron chi connectivity index (χ3n) is 4.37. The van der Waals surface area contributed by atoms with Gasteiger partial charge in [-0.1, -0.05) is 29.3 Å². The molecule has 0 bridgehead atoms. The number of hydrogen-bond acceptors (Lipinski definition) is 3. The van der Waals surface area contributed by atoms with E-state index in [1.807, 2.05) is 41.4 Å². The van der Waals surface area contributed by atoms with Gasteiger partial charge in [-0.15, -0.1) is 11.3 Å². The lowest BCUT2D eigenvalue weighted by atomic mass is 10.1. The Labute approximate surface area is 153 Å². The number of H-pyrrole nitrogens is 1. The van der Waals surface area contributed by atoms with Crippen molar-refractivity contribution in [1.82, 2.24) is 9.88 Å². The molecule has 1 saturated heterocycles. The molecule has 1 amide bonds. The molecule has 7 heteroatoms. The number of amides is 1. The quantitative estimate of drug-likeness (QED) is 0.711. The second-order valence-electron chi connectivity index (χ2n) is 5.73. The number of piperazine rings is 1.